The highest BCUT2D eigenvalue weighted by Gasteiger charge is 2.06. The van der Waals surface area contributed by atoms with Gasteiger partial charge in [-0.05, 0) is 55.0 Å². The standard InChI is InChI=1S/C21H20O4/c1-15-12-20(24-18-8-4-6-16(13-18)22-2)10-11-21(15)25-19-9-5-7-17(14-19)23-3/h4-14H,1-3H3. The van der Waals surface area contributed by atoms with E-state index in [2.05, 4.69) is 0 Å². The van der Waals surface area contributed by atoms with Gasteiger partial charge in [-0.25, -0.2) is 0 Å². The molecule has 0 saturated carbocycles. The van der Waals surface area contributed by atoms with Crippen molar-refractivity contribution in [1.82, 2.24) is 0 Å². The van der Waals surface area contributed by atoms with Gasteiger partial charge in [-0.3, -0.25) is 0 Å². The predicted octanol–water partition coefficient (Wildman–Crippen LogP) is 5.60. The first-order valence-electron chi connectivity index (χ1n) is 7.92. The summed E-state index contributed by atoms with van der Waals surface area (Å²) in [5.74, 6) is 4.47. The minimum atomic E-state index is 0.722. The molecule has 0 atom stereocenters. The largest absolute Gasteiger partial charge is 0.497 e. The summed E-state index contributed by atoms with van der Waals surface area (Å²) in [4.78, 5) is 0. The summed E-state index contributed by atoms with van der Waals surface area (Å²) in [6.07, 6.45) is 0. The Labute approximate surface area is 147 Å². The maximum Gasteiger partial charge on any atom is 0.131 e. The Kier molecular flexibility index (Phi) is 5.09. The average molecular weight is 336 g/mol. The third-order valence-corrected chi connectivity index (χ3v) is 3.69. The molecule has 0 saturated heterocycles. The molecule has 4 nitrogen and oxygen atoms in total. The first kappa shape index (κ1) is 16.7. The SMILES string of the molecule is COc1cccc(Oc2ccc(Oc3cccc(OC)c3)c(C)c2)c1. The molecule has 3 rings (SSSR count). The van der Waals surface area contributed by atoms with Crippen molar-refractivity contribution in [3.63, 3.8) is 0 Å². The molecule has 0 aliphatic rings. The molecule has 4 heteroatoms. The van der Waals surface area contributed by atoms with E-state index in [-0.39, 0.29) is 0 Å². The van der Waals surface area contributed by atoms with Crippen LogP contribution in [0.25, 0.3) is 0 Å². The minimum absolute atomic E-state index is 0.722. The van der Waals surface area contributed by atoms with Crippen molar-refractivity contribution in [3.05, 3.63) is 72.3 Å². The van der Waals surface area contributed by atoms with Gasteiger partial charge in [0.2, 0.25) is 0 Å². The molecule has 3 aromatic carbocycles. The molecule has 3 aromatic rings. The van der Waals surface area contributed by atoms with Crippen LogP contribution in [0.1, 0.15) is 5.56 Å². The fraction of sp³-hybridized carbons (Fsp3) is 0.143. The van der Waals surface area contributed by atoms with Gasteiger partial charge in [0, 0.05) is 12.1 Å². The van der Waals surface area contributed by atoms with Crippen LogP contribution in [0.5, 0.6) is 34.5 Å². The van der Waals surface area contributed by atoms with Crippen LogP contribution < -0.4 is 18.9 Å². The van der Waals surface area contributed by atoms with E-state index < -0.39 is 0 Å². The van der Waals surface area contributed by atoms with E-state index in [1.807, 2.05) is 73.7 Å². The van der Waals surface area contributed by atoms with E-state index >= 15 is 0 Å². The molecule has 0 bridgehead atoms. The van der Waals surface area contributed by atoms with Gasteiger partial charge in [0.25, 0.3) is 0 Å². The summed E-state index contributed by atoms with van der Waals surface area (Å²) in [6, 6.07) is 20.7. The molecule has 0 amide bonds. The number of methoxy groups -OCH3 is 2. The van der Waals surface area contributed by atoms with Crippen LogP contribution in [0.4, 0.5) is 0 Å². The van der Waals surface area contributed by atoms with Gasteiger partial charge in [0.15, 0.2) is 0 Å². The van der Waals surface area contributed by atoms with Gasteiger partial charge in [-0.1, -0.05) is 12.1 Å². The molecular formula is C21H20O4. The number of benzene rings is 3. The highest BCUT2D eigenvalue weighted by atomic mass is 16.5. The number of hydrogen-bond donors (Lipinski definition) is 0. The third-order valence-electron chi connectivity index (χ3n) is 3.69. The average Bonchev–Trinajstić information content (AvgIpc) is 2.64. The summed E-state index contributed by atoms with van der Waals surface area (Å²) >= 11 is 0. The second-order valence-corrected chi connectivity index (χ2v) is 5.49. The lowest BCUT2D eigenvalue weighted by atomic mass is 10.2. The highest BCUT2D eigenvalue weighted by Crippen LogP contribution is 2.32. The van der Waals surface area contributed by atoms with E-state index in [0.29, 0.717) is 0 Å². The van der Waals surface area contributed by atoms with Crippen LogP contribution in [0.15, 0.2) is 66.7 Å². The second kappa shape index (κ2) is 7.62. The van der Waals surface area contributed by atoms with Crippen molar-refractivity contribution in [2.75, 3.05) is 14.2 Å². The minimum Gasteiger partial charge on any atom is -0.497 e. The van der Waals surface area contributed by atoms with Gasteiger partial charge in [-0.15, -0.1) is 0 Å². The summed E-state index contributed by atoms with van der Waals surface area (Å²) in [6.45, 7) is 1.98. The quantitative estimate of drug-likeness (QED) is 0.587. The lowest BCUT2D eigenvalue weighted by molar-refractivity contribution is 0.407. The summed E-state index contributed by atoms with van der Waals surface area (Å²) in [7, 11) is 3.27. The van der Waals surface area contributed by atoms with Crippen LogP contribution in [0.3, 0.4) is 0 Å². The Morgan fingerprint density at radius 1 is 0.560 bits per heavy atom. The van der Waals surface area contributed by atoms with E-state index in [9.17, 15) is 0 Å². The molecule has 0 heterocycles. The zero-order chi connectivity index (χ0) is 17.6. The van der Waals surface area contributed by atoms with E-state index in [4.69, 9.17) is 18.9 Å². The van der Waals surface area contributed by atoms with Crippen molar-refractivity contribution in [2.24, 2.45) is 0 Å². The fourth-order valence-corrected chi connectivity index (χ4v) is 2.39. The smallest absolute Gasteiger partial charge is 0.131 e. The van der Waals surface area contributed by atoms with Gasteiger partial charge in [0.05, 0.1) is 14.2 Å². The monoisotopic (exact) mass is 336 g/mol. The maximum atomic E-state index is 5.94. The Balaban J connectivity index is 1.76. The molecule has 0 spiro atoms. The van der Waals surface area contributed by atoms with E-state index in [1.54, 1.807) is 14.2 Å². The fourth-order valence-electron chi connectivity index (χ4n) is 2.39. The van der Waals surface area contributed by atoms with Crippen molar-refractivity contribution in [2.45, 2.75) is 6.92 Å². The van der Waals surface area contributed by atoms with E-state index in [0.717, 1.165) is 40.1 Å². The lowest BCUT2D eigenvalue weighted by Crippen LogP contribution is -1.91. The third kappa shape index (κ3) is 4.23. The Hall–Kier alpha value is -3.14. The molecule has 0 aliphatic carbocycles. The Bertz CT molecular complexity index is 858. The first-order valence-corrected chi connectivity index (χ1v) is 7.92. The van der Waals surface area contributed by atoms with Crippen LogP contribution in [0, 0.1) is 6.92 Å². The van der Waals surface area contributed by atoms with Crippen LogP contribution in [0.2, 0.25) is 0 Å². The molecule has 0 unspecified atom stereocenters. The maximum absolute atomic E-state index is 5.94. The van der Waals surface area contributed by atoms with Gasteiger partial charge in [-0.2, -0.15) is 0 Å². The number of hydrogen-bond acceptors (Lipinski definition) is 4. The van der Waals surface area contributed by atoms with E-state index in [1.165, 1.54) is 0 Å². The van der Waals surface area contributed by atoms with Gasteiger partial charge in [0.1, 0.15) is 34.5 Å². The number of aryl methyl sites for hydroxylation is 1. The zero-order valence-electron chi connectivity index (χ0n) is 14.5. The van der Waals surface area contributed by atoms with Crippen LogP contribution >= 0.6 is 0 Å². The van der Waals surface area contributed by atoms with Crippen molar-refractivity contribution < 1.29 is 18.9 Å². The molecule has 0 radical (unpaired) electrons. The van der Waals surface area contributed by atoms with Crippen LogP contribution in [-0.2, 0) is 0 Å². The first-order chi connectivity index (χ1) is 12.2. The molecular weight excluding hydrogens is 316 g/mol. The van der Waals surface area contributed by atoms with Crippen molar-refractivity contribution in [1.29, 1.82) is 0 Å². The topological polar surface area (TPSA) is 36.9 Å². The Morgan fingerprint density at radius 3 is 1.64 bits per heavy atom. The molecule has 0 aliphatic heterocycles. The van der Waals surface area contributed by atoms with Crippen molar-refractivity contribution in [3.8, 4) is 34.5 Å². The molecule has 25 heavy (non-hydrogen) atoms. The second-order valence-electron chi connectivity index (χ2n) is 5.49. The highest BCUT2D eigenvalue weighted by molar-refractivity contribution is 5.45. The zero-order valence-corrected chi connectivity index (χ0v) is 14.5. The summed E-state index contributed by atoms with van der Waals surface area (Å²) in [5, 5.41) is 0. The normalized spacial score (nSPS) is 10.2. The summed E-state index contributed by atoms with van der Waals surface area (Å²) < 4.78 is 22.3. The Morgan fingerprint density at radius 2 is 1.08 bits per heavy atom. The molecule has 0 aromatic heterocycles. The predicted molar refractivity (Wildman–Crippen MR) is 97.3 cm³/mol. The molecule has 0 N–H and O–H groups in total. The summed E-state index contributed by atoms with van der Waals surface area (Å²) in [5.41, 5.74) is 0.975. The van der Waals surface area contributed by atoms with Crippen LogP contribution in [-0.4, -0.2) is 14.2 Å². The van der Waals surface area contributed by atoms with Gasteiger partial charge >= 0.3 is 0 Å². The molecule has 128 valence electrons. The number of ether oxygens (including phenoxy) is 4. The van der Waals surface area contributed by atoms with Crippen molar-refractivity contribution >= 4 is 0 Å². The lowest BCUT2D eigenvalue weighted by Gasteiger charge is -2.12. The number of rotatable bonds is 6. The van der Waals surface area contributed by atoms with Gasteiger partial charge < -0.3 is 18.9 Å². The molecule has 0 fully saturated rings.